The Morgan fingerprint density at radius 2 is 1.93 bits per heavy atom. The molecule has 1 saturated heterocycles. The van der Waals surface area contributed by atoms with E-state index in [2.05, 4.69) is 35.1 Å². The van der Waals surface area contributed by atoms with Crippen molar-refractivity contribution in [2.24, 2.45) is 4.99 Å². The number of alkyl halides is 4. The molecule has 4 heterocycles. The molecule has 2 aliphatic rings. The molecule has 2 atom stereocenters. The molecule has 1 fully saturated rings. The number of nitrogens with zero attached hydrogens (tertiary/aromatic N) is 3. The van der Waals surface area contributed by atoms with E-state index in [1.807, 2.05) is 0 Å². The number of fused-ring (bicyclic) bond motifs is 1. The molecule has 2 aromatic heterocycles. The van der Waals surface area contributed by atoms with Gasteiger partial charge in [-0.05, 0) is 61.6 Å². The Balaban J connectivity index is 1.61. The minimum atomic E-state index is -4.37. The summed E-state index contributed by atoms with van der Waals surface area (Å²) in [5, 5.41) is 13.2. The van der Waals surface area contributed by atoms with E-state index in [1.165, 1.54) is 6.92 Å². The molecule has 0 aliphatic carbocycles. The highest BCUT2D eigenvalue weighted by Gasteiger charge is 2.59. The molecule has 0 spiro atoms. The van der Waals surface area contributed by atoms with Crippen LogP contribution in [-0.4, -0.2) is 72.6 Å². The topological polar surface area (TPSA) is 155 Å². The number of rotatable bonds is 7. The van der Waals surface area contributed by atoms with Crippen molar-refractivity contribution in [1.82, 2.24) is 20.0 Å². The highest BCUT2D eigenvalue weighted by atomic mass is 32.3. The highest BCUT2D eigenvalue weighted by molar-refractivity contribution is 8.04. The number of halogens is 5. The second kappa shape index (κ2) is 10.6. The number of ether oxygens (including phenoxy) is 1. The third-order valence-corrected chi connectivity index (χ3v) is 11.3. The summed E-state index contributed by atoms with van der Waals surface area (Å²) >= 11 is 0. The number of aliphatic imine (C=N–C) groups is 1. The van der Waals surface area contributed by atoms with Crippen LogP contribution >= 0.6 is 0 Å². The molecular weight excluding hydrogens is 579 g/mol. The fourth-order valence-corrected chi connectivity index (χ4v) is 8.52. The number of carboxylic acid groups (broad SMARTS) is 1. The van der Waals surface area contributed by atoms with Crippen LogP contribution in [0.25, 0.3) is 0 Å². The number of amides is 2. The van der Waals surface area contributed by atoms with Gasteiger partial charge in [0, 0.05) is 6.54 Å². The number of thiol groups is 1. The number of hydrogen-bond acceptors (Lipinski definition) is 7. The zero-order valence-electron chi connectivity index (χ0n) is 21.9. The molecular formula is C24H27F5N6O5S. The van der Waals surface area contributed by atoms with Gasteiger partial charge in [-0.3, -0.25) is 24.0 Å². The van der Waals surface area contributed by atoms with Crippen LogP contribution in [0.5, 0.6) is 5.75 Å². The average Bonchev–Trinajstić information content (AvgIpc) is 3.32. The van der Waals surface area contributed by atoms with Gasteiger partial charge in [0.25, 0.3) is 5.91 Å². The predicted octanol–water partition coefficient (Wildman–Crippen LogP) is 3.11. The number of carbonyl (C=O) groups excluding carboxylic acids is 1. The third-order valence-electron chi connectivity index (χ3n) is 7.12. The Hall–Kier alpha value is -3.73. The normalized spacial score (nSPS) is 23.7. The third kappa shape index (κ3) is 5.47. The molecule has 224 valence electrons. The number of hydrogen-bond donors (Lipinski definition) is 5. The van der Waals surface area contributed by atoms with Crippen LogP contribution in [-0.2, 0) is 15.7 Å². The summed E-state index contributed by atoms with van der Waals surface area (Å²) in [7, 11) is -3.42. The largest absolute Gasteiger partial charge is 0.485 e. The molecule has 0 bridgehead atoms. The van der Waals surface area contributed by atoms with Gasteiger partial charge in [-0.25, -0.2) is 27.9 Å². The highest BCUT2D eigenvalue weighted by Crippen LogP contribution is 2.48. The molecule has 41 heavy (non-hydrogen) atoms. The summed E-state index contributed by atoms with van der Waals surface area (Å²) < 4.78 is 86.6. The summed E-state index contributed by atoms with van der Waals surface area (Å²) in [6, 6.07) is 4.34. The lowest BCUT2D eigenvalue weighted by Gasteiger charge is -2.50. The van der Waals surface area contributed by atoms with E-state index < -0.39 is 62.4 Å². The van der Waals surface area contributed by atoms with Gasteiger partial charge in [-0.1, -0.05) is 0 Å². The number of anilines is 1. The fraction of sp³-hybridized carbons (Fsp3) is 0.458. The van der Waals surface area contributed by atoms with E-state index in [4.69, 9.17) is 0 Å². The number of aromatic nitrogens is 2. The Morgan fingerprint density at radius 1 is 1.22 bits per heavy atom. The molecule has 4 N–H and O–H groups in total. The Kier molecular flexibility index (Phi) is 7.81. The number of carbonyl (C=O) groups is 2. The lowest BCUT2D eigenvalue weighted by atomic mass is 9.89. The van der Waals surface area contributed by atoms with Crippen LogP contribution in [0.3, 0.4) is 0 Å². The summed E-state index contributed by atoms with van der Waals surface area (Å²) in [5.41, 5.74) is -2.10. The maximum absolute atomic E-state index is 15.3. The van der Waals surface area contributed by atoms with Crippen LogP contribution < -0.4 is 20.1 Å². The summed E-state index contributed by atoms with van der Waals surface area (Å²) in [4.78, 5) is 36.8. The van der Waals surface area contributed by atoms with Crippen LogP contribution in [0.1, 0.15) is 43.4 Å². The van der Waals surface area contributed by atoms with Crippen molar-refractivity contribution in [2.45, 2.75) is 55.1 Å². The molecule has 4 rings (SSSR count). The van der Waals surface area contributed by atoms with Crippen LogP contribution in [0, 0.1) is 5.82 Å². The average molecular weight is 607 g/mol. The van der Waals surface area contributed by atoms with Gasteiger partial charge in [-0.15, -0.1) is 0 Å². The zero-order valence-corrected chi connectivity index (χ0v) is 22.8. The van der Waals surface area contributed by atoms with Crippen molar-refractivity contribution in [3.63, 3.8) is 0 Å². The minimum Gasteiger partial charge on any atom is -0.485 e. The Morgan fingerprint density at radius 3 is 2.54 bits per heavy atom. The number of nitrogens with one attached hydrogen (secondary N) is 3. The van der Waals surface area contributed by atoms with E-state index in [1.54, 1.807) is 13.8 Å². The van der Waals surface area contributed by atoms with Gasteiger partial charge in [0.15, 0.2) is 6.61 Å². The first-order valence-electron chi connectivity index (χ1n) is 12.2. The van der Waals surface area contributed by atoms with Gasteiger partial charge >= 0.3 is 18.4 Å². The first kappa shape index (κ1) is 30.2. The summed E-state index contributed by atoms with van der Waals surface area (Å²) in [6.45, 7) is 3.39. The van der Waals surface area contributed by atoms with Crippen molar-refractivity contribution in [3.05, 3.63) is 47.7 Å². The molecule has 2 amide bonds. The number of amidine groups is 1. The van der Waals surface area contributed by atoms with Crippen molar-refractivity contribution >= 4 is 33.8 Å². The SMILES string of the molecule is CC1(C)C(NC(=O)O)=N[C@](C)(c2nc(NC(=O)c3ccc(OCC(F)(F)C(F)F)cn3)ccc2F)[C@H]2CCN[SH]21=O. The lowest BCUT2D eigenvalue weighted by Crippen LogP contribution is -2.66. The van der Waals surface area contributed by atoms with Crippen molar-refractivity contribution in [2.75, 3.05) is 18.5 Å². The molecule has 17 heteroatoms. The van der Waals surface area contributed by atoms with Gasteiger partial charge < -0.3 is 15.2 Å². The molecule has 11 nitrogen and oxygen atoms in total. The lowest BCUT2D eigenvalue weighted by molar-refractivity contribution is -0.148. The maximum atomic E-state index is 15.3. The quantitative estimate of drug-likeness (QED) is 0.240. The van der Waals surface area contributed by atoms with Gasteiger partial charge in [0.2, 0.25) is 0 Å². The maximum Gasteiger partial charge on any atom is 0.410 e. The second-order valence-corrected chi connectivity index (χ2v) is 13.6. The number of pyridine rings is 2. The first-order chi connectivity index (χ1) is 19.0. The Bertz CT molecular complexity index is 1440. The fourth-order valence-electron chi connectivity index (χ4n) is 4.87. The van der Waals surface area contributed by atoms with Gasteiger partial charge in [-0.2, -0.15) is 8.78 Å². The standard InChI is InChI=1S/C24H27F5N6O5S/c1-22(2)20(34-21(37)38)35-23(3,15-8-9-31-41(15,22)39)17-13(25)5-7-16(32-17)33-18(36)14-6-4-12(10-30-14)40-11-24(28,29)19(26)27/h4-7,10,15,19,41H,8-9,11H2,1-3H3,(H,31,39)(H,34,35)(H,37,38)(H,32,33,36)/t15-,23+/m1/s1. The smallest absolute Gasteiger partial charge is 0.410 e. The van der Waals surface area contributed by atoms with Crippen molar-refractivity contribution < 1.29 is 45.6 Å². The molecule has 2 aromatic rings. The van der Waals surface area contributed by atoms with Crippen LogP contribution in [0.4, 0.5) is 32.6 Å². The van der Waals surface area contributed by atoms with Crippen LogP contribution in [0.2, 0.25) is 0 Å². The molecule has 0 saturated carbocycles. The van der Waals surface area contributed by atoms with Gasteiger partial charge in [0.05, 0.1) is 16.2 Å². The Labute approximate surface area is 231 Å². The predicted molar refractivity (Wildman–Crippen MR) is 139 cm³/mol. The minimum absolute atomic E-state index is 0.130. The van der Waals surface area contributed by atoms with Crippen molar-refractivity contribution in [3.8, 4) is 5.75 Å². The molecule has 0 unspecified atom stereocenters. The molecule has 0 radical (unpaired) electrons. The summed E-state index contributed by atoms with van der Waals surface area (Å²) in [6.07, 6.45) is -4.13. The first-order valence-corrected chi connectivity index (χ1v) is 14.0. The van der Waals surface area contributed by atoms with E-state index in [-0.39, 0.29) is 28.8 Å². The van der Waals surface area contributed by atoms with Crippen LogP contribution in [0.15, 0.2) is 35.5 Å². The second-order valence-electron chi connectivity index (χ2n) is 10.2. The van der Waals surface area contributed by atoms with E-state index >= 15 is 4.39 Å². The van der Waals surface area contributed by atoms with E-state index in [0.717, 1.165) is 30.5 Å². The van der Waals surface area contributed by atoms with E-state index in [9.17, 15) is 36.5 Å². The monoisotopic (exact) mass is 606 g/mol. The van der Waals surface area contributed by atoms with E-state index in [0.29, 0.717) is 13.0 Å². The summed E-state index contributed by atoms with van der Waals surface area (Å²) in [5.74, 6) is -6.59. The molecule has 0 aromatic carbocycles. The van der Waals surface area contributed by atoms with Gasteiger partial charge in [0.1, 0.15) is 40.1 Å². The van der Waals surface area contributed by atoms with Crippen molar-refractivity contribution in [1.29, 1.82) is 0 Å². The molecule has 2 aliphatic heterocycles. The zero-order chi connectivity index (χ0) is 30.4.